The lowest BCUT2D eigenvalue weighted by atomic mass is 10.1. The molecule has 0 bridgehead atoms. The lowest BCUT2D eigenvalue weighted by Crippen LogP contribution is -2.52. The van der Waals surface area contributed by atoms with E-state index in [4.69, 9.17) is 5.26 Å². The van der Waals surface area contributed by atoms with Crippen molar-refractivity contribution in [2.45, 2.75) is 26.4 Å². The molecule has 7 nitrogen and oxygen atoms in total. The number of carbonyl (C=O) groups excluding carboxylic acids is 1. The SMILES string of the molecule is CC(C)N(CC(=O)N1CCN(S(C)(=O)=O)CC1)Cc1ccc(C#N)cc1. The first kappa shape index (κ1) is 20.4. The summed E-state index contributed by atoms with van der Waals surface area (Å²) in [6.07, 6.45) is 1.20. The molecular formula is C18H26N4O3S. The van der Waals surface area contributed by atoms with Gasteiger partial charge in [0.25, 0.3) is 0 Å². The van der Waals surface area contributed by atoms with Crippen LogP contribution in [0.2, 0.25) is 0 Å². The van der Waals surface area contributed by atoms with E-state index >= 15 is 0 Å². The monoisotopic (exact) mass is 378 g/mol. The van der Waals surface area contributed by atoms with E-state index < -0.39 is 10.0 Å². The molecule has 0 N–H and O–H groups in total. The number of nitrogens with zero attached hydrogens (tertiary/aromatic N) is 4. The molecule has 1 heterocycles. The molecule has 1 aromatic carbocycles. The molecule has 8 heteroatoms. The minimum absolute atomic E-state index is 0.0143. The Morgan fingerprint density at radius 3 is 2.23 bits per heavy atom. The average Bonchev–Trinajstić information content (AvgIpc) is 2.61. The molecule has 26 heavy (non-hydrogen) atoms. The molecule has 0 saturated carbocycles. The zero-order chi connectivity index (χ0) is 19.3. The van der Waals surface area contributed by atoms with E-state index in [1.54, 1.807) is 17.0 Å². The Bertz CT molecular complexity index is 761. The number of piperazine rings is 1. The first-order valence-electron chi connectivity index (χ1n) is 8.66. The van der Waals surface area contributed by atoms with Gasteiger partial charge in [-0.05, 0) is 31.5 Å². The fraction of sp³-hybridized carbons (Fsp3) is 0.556. The Labute approximate surface area is 155 Å². The lowest BCUT2D eigenvalue weighted by Gasteiger charge is -2.35. The van der Waals surface area contributed by atoms with Crippen LogP contribution >= 0.6 is 0 Å². The normalized spacial score (nSPS) is 16.1. The molecule has 2 rings (SSSR count). The van der Waals surface area contributed by atoms with Crippen LogP contribution in [-0.2, 0) is 21.4 Å². The van der Waals surface area contributed by atoms with Crippen LogP contribution in [0.25, 0.3) is 0 Å². The van der Waals surface area contributed by atoms with Crippen molar-refractivity contribution < 1.29 is 13.2 Å². The Balaban J connectivity index is 1.95. The predicted molar refractivity (Wildman–Crippen MR) is 99.7 cm³/mol. The van der Waals surface area contributed by atoms with Crippen LogP contribution in [0, 0.1) is 11.3 Å². The van der Waals surface area contributed by atoms with Gasteiger partial charge in [0.1, 0.15) is 0 Å². The summed E-state index contributed by atoms with van der Waals surface area (Å²) in [7, 11) is -3.20. The summed E-state index contributed by atoms with van der Waals surface area (Å²) in [5.41, 5.74) is 1.66. The lowest BCUT2D eigenvalue weighted by molar-refractivity contribution is -0.134. The summed E-state index contributed by atoms with van der Waals surface area (Å²) in [4.78, 5) is 16.4. The van der Waals surface area contributed by atoms with Crippen LogP contribution in [0.3, 0.4) is 0 Å². The van der Waals surface area contributed by atoms with Gasteiger partial charge in [0, 0.05) is 38.8 Å². The molecule has 1 aliphatic rings. The zero-order valence-electron chi connectivity index (χ0n) is 15.6. The number of nitriles is 1. The Morgan fingerprint density at radius 1 is 1.19 bits per heavy atom. The van der Waals surface area contributed by atoms with Crippen molar-refractivity contribution in [3.8, 4) is 6.07 Å². The van der Waals surface area contributed by atoms with Gasteiger partial charge in [0.2, 0.25) is 15.9 Å². The number of hydrogen-bond donors (Lipinski definition) is 0. The van der Waals surface area contributed by atoms with Crippen LogP contribution in [0.15, 0.2) is 24.3 Å². The Kier molecular flexibility index (Phi) is 6.75. The second-order valence-electron chi connectivity index (χ2n) is 6.85. The molecule has 0 unspecified atom stereocenters. The first-order valence-corrected chi connectivity index (χ1v) is 10.5. The van der Waals surface area contributed by atoms with Crippen molar-refractivity contribution in [3.05, 3.63) is 35.4 Å². The standard InChI is InChI=1S/C18H26N4O3S/c1-15(2)21(13-17-6-4-16(12-19)5-7-17)14-18(23)20-8-10-22(11-9-20)26(3,24)25/h4-7,15H,8-11,13-14H2,1-3H3. The fourth-order valence-corrected chi connectivity index (χ4v) is 3.71. The fourth-order valence-electron chi connectivity index (χ4n) is 2.88. The first-order chi connectivity index (χ1) is 12.2. The molecular weight excluding hydrogens is 352 g/mol. The molecule has 0 spiro atoms. The molecule has 142 valence electrons. The number of sulfonamides is 1. The molecule has 1 amide bonds. The number of carbonyl (C=O) groups is 1. The third-order valence-corrected chi connectivity index (χ3v) is 5.90. The molecule has 1 saturated heterocycles. The number of rotatable bonds is 6. The maximum absolute atomic E-state index is 12.6. The average molecular weight is 378 g/mol. The van der Waals surface area contributed by atoms with Gasteiger partial charge in [-0.25, -0.2) is 8.42 Å². The van der Waals surface area contributed by atoms with Gasteiger partial charge < -0.3 is 4.90 Å². The van der Waals surface area contributed by atoms with E-state index in [0.29, 0.717) is 38.3 Å². The van der Waals surface area contributed by atoms with E-state index in [9.17, 15) is 13.2 Å². The van der Waals surface area contributed by atoms with E-state index in [2.05, 4.69) is 11.0 Å². The summed E-state index contributed by atoms with van der Waals surface area (Å²) < 4.78 is 24.6. The molecule has 1 aliphatic heterocycles. The third kappa shape index (κ3) is 5.53. The van der Waals surface area contributed by atoms with Gasteiger partial charge in [-0.2, -0.15) is 9.57 Å². The Hall–Kier alpha value is -1.95. The van der Waals surface area contributed by atoms with E-state index in [0.717, 1.165) is 5.56 Å². The topological polar surface area (TPSA) is 84.7 Å². The summed E-state index contributed by atoms with van der Waals surface area (Å²) in [5.74, 6) is 0.0143. The van der Waals surface area contributed by atoms with Gasteiger partial charge >= 0.3 is 0 Å². The molecule has 1 fully saturated rings. The molecule has 1 aromatic rings. The minimum Gasteiger partial charge on any atom is -0.339 e. The highest BCUT2D eigenvalue weighted by Gasteiger charge is 2.27. The van der Waals surface area contributed by atoms with Crippen molar-refractivity contribution in [2.24, 2.45) is 0 Å². The predicted octanol–water partition coefficient (Wildman–Crippen LogP) is 0.872. The highest BCUT2D eigenvalue weighted by Crippen LogP contribution is 2.12. The third-order valence-electron chi connectivity index (χ3n) is 4.60. The Morgan fingerprint density at radius 2 is 1.77 bits per heavy atom. The van der Waals surface area contributed by atoms with Crippen molar-refractivity contribution in [3.63, 3.8) is 0 Å². The summed E-state index contributed by atoms with van der Waals surface area (Å²) >= 11 is 0. The van der Waals surface area contributed by atoms with E-state index in [1.807, 2.05) is 26.0 Å². The summed E-state index contributed by atoms with van der Waals surface area (Å²) in [6, 6.07) is 9.65. The van der Waals surface area contributed by atoms with Crippen molar-refractivity contribution >= 4 is 15.9 Å². The van der Waals surface area contributed by atoms with Crippen molar-refractivity contribution in [1.29, 1.82) is 5.26 Å². The molecule has 0 aliphatic carbocycles. The largest absolute Gasteiger partial charge is 0.339 e. The van der Waals surface area contributed by atoms with Crippen LogP contribution in [-0.4, -0.2) is 73.5 Å². The van der Waals surface area contributed by atoms with E-state index in [-0.39, 0.29) is 18.5 Å². The second-order valence-corrected chi connectivity index (χ2v) is 8.83. The van der Waals surface area contributed by atoms with Gasteiger partial charge in [-0.3, -0.25) is 9.69 Å². The van der Waals surface area contributed by atoms with Crippen LogP contribution in [0.4, 0.5) is 0 Å². The zero-order valence-corrected chi connectivity index (χ0v) is 16.4. The van der Waals surface area contributed by atoms with E-state index in [1.165, 1.54) is 10.6 Å². The highest BCUT2D eigenvalue weighted by atomic mass is 32.2. The quantitative estimate of drug-likeness (QED) is 0.733. The smallest absolute Gasteiger partial charge is 0.236 e. The van der Waals surface area contributed by atoms with Gasteiger partial charge in [-0.1, -0.05) is 12.1 Å². The van der Waals surface area contributed by atoms with Crippen LogP contribution in [0.5, 0.6) is 0 Å². The maximum Gasteiger partial charge on any atom is 0.236 e. The van der Waals surface area contributed by atoms with Gasteiger partial charge in [0.05, 0.1) is 24.4 Å². The number of hydrogen-bond acceptors (Lipinski definition) is 5. The van der Waals surface area contributed by atoms with Gasteiger partial charge in [0.15, 0.2) is 0 Å². The number of amides is 1. The molecule has 0 atom stereocenters. The summed E-state index contributed by atoms with van der Waals surface area (Å²) in [5, 5.41) is 8.88. The van der Waals surface area contributed by atoms with Crippen molar-refractivity contribution in [1.82, 2.24) is 14.1 Å². The van der Waals surface area contributed by atoms with Crippen LogP contribution in [0.1, 0.15) is 25.0 Å². The maximum atomic E-state index is 12.6. The van der Waals surface area contributed by atoms with Crippen LogP contribution < -0.4 is 0 Å². The molecule has 0 aromatic heterocycles. The summed E-state index contributed by atoms with van der Waals surface area (Å²) in [6.45, 7) is 6.54. The second kappa shape index (κ2) is 8.62. The number of benzene rings is 1. The van der Waals surface area contributed by atoms with Crippen molar-refractivity contribution in [2.75, 3.05) is 39.0 Å². The van der Waals surface area contributed by atoms with Gasteiger partial charge in [-0.15, -0.1) is 0 Å². The highest BCUT2D eigenvalue weighted by molar-refractivity contribution is 7.88. The molecule has 0 radical (unpaired) electrons. The minimum atomic E-state index is -3.20.